The van der Waals surface area contributed by atoms with Crippen LogP contribution in [0.3, 0.4) is 0 Å². The van der Waals surface area contributed by atoms with Crippen molar-refractivity contribution in [3.63, 3.8) is 0 Å². The molecule has 22 heavy (non-hydrogen) atoms. The van der Waals surface area contributed by atoms with Gasteiger partial charge in [-0.15, -0.1) is 0 Å². The Morgan fingerprint density at radius 2 is 2.05 bits per heavy atom. The molecule has 0 aliphatic heterocycles. The minimum Gasteiger partial charge on any atom is -0.395 e. The summed E-state index contributed by atoms with van der Waals surface area (Å²) in [4.78, 5) is 29.9. The van der Waals surface area contributed by atoms with E-state index in [4.69, 9.17) is 0 Å². The summed E-state index contributed by atoms with van der Waals surface area (Å²) in [6, 6.07) is 0. The van der Waals surface area contributed by atoms with Crippen LogP contribution in [0.15, 0.2) is 18.6 Å². The van der Waals surface area contributed by atoms with Gasteiger partial charge in [0.2, 0.25) is 0 Å². The van der Waals surface area contributed by atoms with E-state index in [2.05, 4.69) is 19.9 Å². The van der Waals surface area contributed by atoms with E-state index in [-0.39, 0.29) is 19.1 Å². The third kappa shape index (κ3) is 3.30. The monoisotopic (exact) mass is 301 g/mol. The highest BCUT2D eigenvalue weighted by Crippen LogP contribution is 2.37. The molecule has 1 aliphatic carbocycles. The lowest BCUT2D eigenvalue weighted by Gasteiger charge is -2.20. The van der Waals surface area contributed by atoms with Gasteiger partial charge < -0.3 is 15.0 Å². The minimum atomic E-state index is -0.191. The molecule has 1 saturated carbocycles. The standard InChI is InChI=1S/C15H19N5O2/c1-10-16-8-13(19-10)9-20(4-5-21)15(22)12-6-17-14(18-7-12)11-2-3-11/h6-8,11,21H,2-5,9H2,1H3,(H,16,19). The molecule has 0 atom stereocenters. The molecule has 0 bridgehead atoms. The summed E-state index contributed by atoms with van der Waals surface area (Å²) >= 11 is 0. The highest BCUT2D eigenvalue weighted by atomic mass is 16.3. The Morgan fingerprint density at radius 1 is 1.32 bits per heavy atom. The van der Waals surface area contributed by atoms with Crippen LogP contribution in [0.2, 0.25) is 0 Å². The van der Waals surface area contributed by atoms with Crippen molar-refractivity contribution >= 4 is 5.91 Å². The fraction of sp³-hybridized carbons (Fsp3) is 0.467. The van der Waals surface area contributed by atoms with E-state index in [1.165, 1.54) is 0 Å². The molecule has 0 aromatic carbocycles. The molecular formula is C15H19N5O2. The molecule has 2 N–H and O–H groups in total. The molecule has 0 unspecified atom stereocenters. The Balaban J connectivity index is 1.73. The van der Waals surface area contributed by atoms with Crippen LogP contribution < -0.4 is 0 Å². The summed E-state index contributed by atoms with van der Waals surface area (Å²) in [6.45, 7) is 2.37. The van der Waals surface area contributed by atoms with Gasteiger partial charge >= 0.3 is 0 Å². The number of aromatic nitrogens is 4. The fourth-order valence-electron chi connectivity index (χ4n) is 2.31. The summed E-state index contributed by atoms with van der Waals surface area (Å²) in [6.07, 6.45) is 7.10. The number of aliphatic hydroxyl groups is 1. The molecule has 1 fully saturated rings. The third-order valence-electron chi connectivity index (χ3n) is 3.64. The first-order valence-corrected chi connectivity index (χ1v) is 7.40. The lowest BCUT2D eigenvalue weighted by Crippen LogP contribution is -2.33. The predicted molar refractivity (Wildman–Crippen MR) is 79.2 cm³/mol. The van der Waals surface area contributed by atoms with Gasteiger partial charge in [-0.3, -0.25) is 4.79 Å². The highest BCUT2D eigenvalue weighted by molar-refractivity contribution is 5.93. The normalized spacial score (nSPS) is 14.1. The van der Waals surface area contributed by atoms with Gasteiger partial charge in [0.05, 0.1) is 30.6 Å². The predicted octanol–water partition coefficient (Wildman–Crippen LogP) is 1.02. The second-order valence-electron chi connectivity index (χ2n) is 5.55. The fourth-order valence-corrected chi connectivity index (χ4v) is 2.31. The van der Waals surface area contributed by atoms with Crippen molar-refractivity contribution in [2.45, 2.75) is 32.2 Å². The molecule has 1 amide bonds. The Morgan fingerprint density at radius 3 is 2.59 bits per heavy atom. The Kier molecular flexibility index (Phi) is 4.15. The number of H-pyrrole nitrogens is 1. The molecular weight excluding hydrogens is 282 g/mol. The van der Waals surface area contributed by atoms with Crippen LogP contribution in [-0.2, 0) is 6.54 Å². The van der Waals surface area contributed by atoms with Crippen molar-refractivity contribution in [3.05, 3.63) is 41.5 Å². The van der Waals surface area contributed by atoms with Crippen molar-refractivity contribution in [1.29, 1.82) is 0 Å². The summed E-state index contributed by atoms with van der Waals surface area (Å²) in [7, 11) is 0. The van der Waals surface area contributed by atoms with Gasteiger partial charge in [-0.1, -0.05) is 0 Å². The number of imidazole rings is 1. The van der Waals surface area contributed by atoms with E-state index < -0.39 is 0 Å². The summed E-state index contributed by atoms with van der Waals surface area (Å²) in [5.74, 6) is 1.88. The van der Waals surface area contributed by atoms with Crippen LogP contribution >= 0.6 is 0 Å². The maximum atomic E-state index is 12.5. The maximum Gasteiger partial charge on any atom is 0.257 e. The van der Waals surface area contributed by atoms with Crippen molar-refractivity contribution < 1.29 is 9.90 Å². The molecule has 3 rings (SSSR count). The first kappa shape index (κ1) is 14.6. The average molecular weight is 301 g/mol. The van der Waals surface area contributed by atoms with E-state index in [9.17, 15) is 9.90 Å². The van der Waals surface area contributed by atoms with Gasteiger partial charge in [-0.2, -0.15) is 0 Å². The van der Waals surface area contributed by atoms with Crippen molar-refractivity contribution in [2.24, 2.45) is 0 Å². The summed E-state index contributed by atoms with van der Waals surface area (Å²) in [5, 5.41) is 9.19. The van der Waals surface area contributed by atoms with Crippen LogP contribution in [0.1, 0.15) is 46.5 Å². The van der Waals surface area contributed by atoms with Gasteiger partial charge in [0, 0.05) is 24.9 Å². The van der Waals surface area contributed by atoms with Crippen molar-refractivity contribution in [2.75, 3.05) is 13.2 Å². The van der Waals surface area contributed by atoms with E-state index in [0.29, 0.717) is 18.0 Å². The van der Waals surface area contributed by atoms with E-state index in [1.54, 1.807) is 23.5 Å². The molecule has 2 aromatic heterocycles. The summed E-state index contributed by atoms with van der Waals surface area (Å²) < 4.78 is 0. The molecule has 2 aromatic rings. The molecule has 7 nitrogen and oxygen atoms in total. The van der Waals surface area contributed by atoms with Crippen LogP contribution in [-0.4, -0.2) is 49.0 Å². The van der Waals surface area contributed by atoms with Crippen molar-refractivity contribution in [3.8, 4) is 0 Å². The molecule has 0 radical (unpaired) electrons. The number of carbonyl (C=O) groups is 1. The topological polar surface area (TPSA) is 95.0 Å². The number of aromatic amines is 1. The van der Waals surface area contributed by atoms with Gasteiger partial charge in [0.25, 0.3) is 5.91 Å². The number of carbonyl (C=O) groups excluding carboxylic acids is 1. The lowest BCUT2D eigenvalue weighted by atomic mass is 10.2. The molecule has 7 heteroatoms. The number of aryl methyl sites for hydroxylation is 1. The van der Waals surface area contributed by atoms with E-state index in [0.717, 1.165) is 30.2 Å². The third-order valence-corrected chi connectivity index (χ3v) is 3.64. The first-order valence-electron chi connectivity index (χ1n) is 7.40. The van der Waals surface area contributed by atoms with Gasteiger partial charge in [0.15, 0.2) is 0 Å². The number of hydrogen-bond acceptors (Lipinski definition) is 5. The molecule has 0 saturated heterocycles. The maximum absolute atomic E-state index is 12.5. The lowest BCUT2D eigenvalue weighted by molar-refractivity contribution is 0.0704. The highest BCUT2D eigenvalue weighted by Gasteiger charge is 2.27. The van der Waals surface area contributed by atoms with Gasteiger partial charge in [0.1, 0.15) is 11.6 Å². The van der Waals surface area contributed by atoms with E-state index >= 15 is 0 Å². The molecule has 1 aliphatic rings. The summed E-state index contributed by atoms with van der Waals surface area (Å²) in [5.41, 5.74) is 1.27. The zero-order chi connectivity index (χ0) is 15.5. The van der Waals surface area contributed by atoms with Crippen LogP contribution in [0.25, 0.3) is 0 Å². The Hall–Kier alpha value is -2.28. The van der Waals surface area contributed by atoms with Crippen molar-refractivity contribution in [1.82, 2.24) is 24.8 Å². The number of hydrogen-bond donors (Lipinski definition) is 2. The first-order chi connectivity index (χ1) is 10.7. The zero-order valence-electron chi connectivity index (χ0n) is 12.5. The van der Waals surface area contributed by atoms with Gasteiger partial charge in [-0.25, -0.2) is 15.0 Å². The minimum absolute atomic E-state index is 0.0973. The smallest absolute Gasteiger partial charge is 0.257 e. The second-order valence-corrected chi connectivity index (χ2v) is 5.55. The number of nitrogens with one attached hydrogen (secondary N) is 1. The number of rotatable bonds is 6. The van der Waals surface area contributed by atoms with Crippen LogP contribution in [0.5, 0.6) is 0 Å². The largest absolute Gasteiger partial charge is 0.395 e. The SMILES string of the molecule is Cc1ncc(CN(CCO)C(=O)c2cnc(C3CC3)nc2)[nH]1. The Labute approximate surface area is 128 Å². The van der Waals surface area contributed by atoms with Crippen LogP contribution in [0, 0.1) is 6.92 Å². The average Bonchev–Trinajstić information content (AvgIpc) is 3.30. The quantitative estimate of drug-likeness (QED) is 0.830. The number of amides is 1. The number of aliphatic hydroxyl groups excluding tert-OH is 1. The van der Waals surface area contributed by atoms with Crippen LogP contribution in [0.4, 0.5) is 0 Å². The second kappa shape index (κ2) is 6.23. The Bertz CT molecular complexity index is 648. The van der Waals surface area contributed by atoms with E-state index in [1.807, 2.05) is 6.92 Å². The number of nitrogens with zero attached hydrogens (tertiary/aromatic N) is 4. The zero-order valence-corrected chi connectivity index (χ0v) is 12.5. The molecule has 2 heterocycles. The molecule has 0 spiro atoms. The molecule has 116 valence electrons. The van der Waals surface area contributed by atoms with Gasteiger partial charge in [-0.05, 0) is 19.8 Å².